The van der Waals surface area contributed by atoms with E-state index in [0.29, 0.717) is 30.9 Å². The van der Waals surface area contributed by atoms with Crippen molar-refractivity contribution >= 4 is 17.3 Å². The predicted molar refractivity (Wildman–Crippen MR) is 69.2 cm³/mol. The highest BCUT2D eigenvalue weighted by atomic mass is 16.5. The fraction of sp³-hybridized carbons (Fsp3) is 0.417. The number of ether oxygens (including phenoxy) is 1. The monoisotopic (exact) mass is 237 g/mol. The zero-order valence-corrected chi connectivity index (χ0v) is 10.2. The second kappa shape index (κ2) is 6.62. The van der Waals surface area contributed by atoms with E-state index < -0.39 is 0 Å². The molecule has 0 fully saturated rings. The van der Waals surface area contributed by atoms with E-state index in [-0.39, 0.29) is 5.91 Å². The van der Waals surface area contributed by atoms with Crippen molar-refractivity contribution in [3.8, 4) is 5.75 Å². The molecular formula is C12H19N3O2. The molecule has 0 unspecified atom stereocenters. The molecule has 5 heteroatoms. The van der Waals surface area contributed by atoms with Crippen LogP contribution in [0.4, 0.5) is 11.4 Å². The van der Waals surface area contributed by atoms with Crippen LogP contribution < -0.4 is 21.1 Å². The van der Waals surface area contributed by atoms with Gasteiger partial charge in [0.25, 0.3) is 0 Å². The maximum Gasteiger partial charge on any atom is 0.221 e. The summed E-state index contributed by atoms with van der Waals surface area (Å²) in [5.74, 6) is 0.737. The molecule has 5 nitrogen and oxygen atoms in total. The maximum absolute atomic E-state index is 11.2. The van der Waals surface area contributed by atoms with Crippen LogP contribution in [0.25, 0.3) is 0 Å². The van der Waals surface area contributed by atoms with E-state index >= 15 is 0 Å². The lowest BCUT2D eigenvalue weighted by Crippen LogP contribution is -2.24. The highest BCUT2D eigenvalue weighted by Gasteiger charge is 2.01. The first-order valence-corrected chi connectivity index (χ1v) is 5.60. The minimum absolute atomic E-state index is 0.0378. The number of carbonyl (C=O) groups is 1. The van der Waals surface area contributed by atoms with Gasteiger partial charge >= 0.3 is 0 Å². The lowest BCUT2D eigenvalue weighted by Gasteiger charge is -2.09. The fourth-order valence-electron chi connectivity index (χ4n) is 1.45. The minimum atomic E-state index is 0.0378. The summed E-state index contributed by atoms with van der Waals surface area (Å²) in [6, 6.07) is 5.39. The van der Waals surface area contributed by atoms with E-state index in [4.69, 9.17) is 10.5 Å². The molecule has 17 heavy (non-hydrogen) atoms. The van der Waals surface area contributed by atoms with Crippen molar-refractivity contribution in [2.75, 3.05) is 31.2 Å². The van der Waals surface area contributed by atoms with Crippen LogP contribution in [0.3, 0.4) is 0 Å². The molecule has 0 saturated carbocycles. The molecule has 0 spiro atoms. The van der Waals surface area contributed by atoms with Crippen molar-refractivity contribution in [2.45, 2.75) is 13.3 Å². The minimum Gasteiger partial charge on any atom is -0.497 e. The number of anilines is 2. The van der Waals surface area contributed by atoms with Crippen molar-refractivity contribution in [3.05, 3.63) is 18.2 Å². The van der Waals surface area contributed by atoms with Gasteiger partial charge in [0.15, 0.2) is 0 Å². The lowest BCUT2D eigenvalue weighted by molar-refractivity contribution is -0.120. The van der Waals surface area contributed by atoms with E-state index in [1.54, 1.807) is 19.2 Å². The van der Waals surface area contributed by atoms with Crippen molar-refractivity contribution in [1.29, 1.82) is 0 Å². The normalized spacial score (nSPS) is 9.76. The summed E-state index contributed by atoms with van der Waals surface area (Å²) in [6.45, 7) is 3.12. The molecule has 0 aliphatic heterocycles. The summed E-state index contributed by atoms with van der Waals surface area (Å²) in [7, 11) is 1.59. The van der Waals surface area contributed by atoms with Gasteiger partial charge in [0.1, 0.15) is 5.75 Å². The topological polar surface area (TPSA) is 76.4 Å². The molecule has 0 saturated heterocycles. The van der Waals surface area contributed by atoms with Crippen molar-refractivity contribution in [2.24, 2.45) is 0 Å². The average molecular weight is 237 g/mol. The Morgan fingerprint density at radius 2 is 2.18 bits per heavy atom. The fourth-order valence-corrected chi connectivity index (χ4v) is 1.45. The molecule has 1 rings (SSSR count). The molecule has 1 aromatic rings. The molecule has 0 atom stereocenters. The average Bonchev–Trinajstić information content (AvgIpc) is 2.28. The van der Waals surface area contributed by atoms with Gasteiger partial charge in [0.05, 0.1) is 7.11 Å². The summed E-state index contributed by atoms with van der Waals surface area (Å²) in [4.78, 5) is 11.2. The maximum atomic E-state index is 11.2. The van der Waals surface area contributed by atoms with E-state index in [1.807, 2.05) is 13.0 Å². The van der Waals surface area contributed by atoms with Gasteiger partial charge in [0.2, 0.25) is 5.91 Å². The number of hydrogen-bond acceptors (Lipinski definition) is 4. The molecule has 0 bridgehead atoms. The second-order valence-electron chi connectivity index (χ2n) is 3.63. The zero-order chi connectivity index (χ0) is 12.7. The predicted octanol–water partition coefficient (Wildman–Crippen LogP) is 1.22. The molecule has 94 valence electrons. The molecule has 0 heterocycles. The van der Waals surface area contributed by atoms with Gasteiger partial charge in [-0.1, -0.05) is 0 Å². The van der Waals surface area contributed by atoms with Crippen LogP contribution in [0.5, 0.6) is 5.75 Å². The number of carbonyl (C=O) groups excluding carboxylic acids is 1. The molecule has 1 aromatic carbocycles. The largest absolute Gasteiger partial charge is 0.497 e. The number of nitrogens with one attached hydrogen (secondary N) is 2. The highest BCUT2D eigenvalue weighted by molar-refractivity contribution is 5.76. The number of hydrogen-bond donors (Lipinski definition) is 3. The molecule has 4 N–H and O–H groups in total. The van der Waals surface area contributed by atoms with Gasteiger partial charge < -0.3 is 21.1 Å². The summed E-state index contributed by atoms with van der Waals surface area (Å²) in [5, 5.41) is 5.87. The lowest BCUT2D eigenvalue weighted by atomic mass is 10.2. The Labute approximate surface area is 101 Å². The zero-order valence-electron chi connectivity index (χ0n) is 10.2. The van der Waals surface area contributed by atoms with Crippen LogP contribution in [-0.2, 0) is 4.79 Å². The smallest absolute Gasteiger partial charge is 0.221 e. The summed E-state index contributed by atoms with van der Waals surface area (Å²) < 4.78 is 5.10. The highest BCUT2D eigenvalue weighted by Crippen LogP contribution is 2.21. The van der Waals surface area contributed by atoms with Gasteiger partial charge in [-0.2, -0.15) is 0 Å². The Hall–Kier alpha value is -1.91. The third-order valence-electron chi connectivity index (χ3n) is 2.22. The van der Waals surface area contributed by atoms with Gasteiger partial charge in [-0.15, -0.1) is 0 Å². The molecule has 1 amide bonds. The molecular weight excluding hydrogens is 218 g/mol. The van der Waals surface area contributed by atoms with Crippen LogP contribution in [0.1, 0.15) is 13.3 Å². The Morgan fingerprint density at radius 3 is 2.82 bits per heavy atom. The quantitative estimate of drug-likeness (QED) is 0.650. The Morgan fingerprint density at radius 1 is 1.41 bits per heavy atom. The van der Waals surface area contributed by atoms with Crippen molar-refractivity contribution < 1.29 is 9.53 Å². The summed E-state index contributed by atoms with van der Waals surface area (Å²) in [6.07, 6.45) is 0.435. The summed E-state index contributed by atoms with van der Waals surface area (Å²) >= 11 is 0. The first kappa shape index (κ1) is 13.2. The number of methoxy groups -OCH3 is 1. The van der Waals surface area contributed by atoms with E-state index in [2.05, 4.69) is 10.6 Å². The van der Waals surface area contributed by atoms with Gasteiger partial charge in [-0.05, 0) is 13.0 Å². The van der Waals surface area contributed by atoms with Crippen LogP contribution in [0, 0.1) is 0 Å². The van der Waals surface area contributed by atoms with Crippen molar-refractivity contribution in [1.82, 2.24) is 5.32 Å². The number of amides is 1. The number of benzene rings is 1. The Bertz CT molecular complexity index is 380. The van der Waals surface area contributed by atoms with Gasteiger partial charge in [0, 0.05) is 43.0 Å². The third-order valence-corrected chi connectivity index (χ3v) is 2.22. The first-order valence-electron chi connectivity index (χ1n) is 5.60. The van der Waals surface area contributed by atoms with E-state index in [0.717, 1.165) is 5.69 Å². The van der Waals surface area contributed by atoms with Crippen LogP contribution in [0.2, 0.25) is 0 Å². The number of nitrogen functional groups attached to an aromatic ring is 1. The standard InChI is InChI=1S/C12H19N3O2/c1-3-14-12(16)4-5-15-10-6-9(13)7-11(8-10)17-2/h6-8,15H,3-5,13H2,1-2H3,(H,14,16). The summed E-state index contributed by atoms with van der Waals surface area (Å²) in [5.41, 5.74) is 7.20. The molecule has 0 aliphatic rings. The number of nitrogens with two attached hydrogens (primary N) is 1. The van der Waals surface area contributed by atoms with Gasteiger partial charge in [-0.3, -0.25) is 4.79 Å². The first-order chi connectivity index (χ1) is 8.15. The molecule has 0 radical (unpaired) electrons. The number of rotatable bonds is 6. The van der Waals surface area contributed by atoms with Gasteiger partial charge in [-0.25, -0.2) is 0 Å². The van der Waals surface area contributed by atoms with Crippen LogP contribution in [0.15, 0.2) is 18.2 Å². The van der Waals surface area contributed by atoms with E-state index in [9.17, 15) is 4.79 Å². The van der Waals surface area contributed by atoms with Crippen LogP contribution >= 0.6 is 0 Å². The SMILES string of the molecule is CCNC(=O)CCNc1cc(N)cc(OC)c1. The Kier molecular flexibility index (Phi) is 5.13. The van der Waals surface area contributed by atoms with Crippen LogP contribution in [-0.4, -0.2) is 26.1 Å². The third kappa shape index (κ3) is 4.63. The van der Waals surface area contributed by atoms with E-state index in [1.165, 1.54) is 0 Å². The van der Waals surface area contributed by atoms with Crippen molar-refractivity contribution in [3.63, 3.8) is 0 Å². The Balaban J connectivity index is 2.46. The molecule has 0 aliphatic carbocycles. The molecule has 0 aromatic heterocycles. The second-order valence-corrected chi connectivity index (χ2v) is 3.63.